The normalized spacial score (nSPS) is 16.2. The van der Waals surface area contributed by atoms with Gasteiger partial charge < -0.3 is 25.2 Å². The average molecular weight is 552 g/mol. The first-order valence-electron chi connectivity index (χ1n) is 13.6. The van der Waals surface area contributed by atoms with Crippen LogP contribution in [0.2, 0.25) is 0 Å². The number of amides is 2. The standard InChI is InChI=1S/C31H41N3O6/c1-10-23-18-15-25(40-11-2)20(28(37)32-9)14-19(18)27(33-29(38)39)34(23)16-24(35)17-12-21(30(3,4)5)26(36)22(13-17)31(6,7)8/h12-15,23,36H,10-11,16H2,1-9H3,(H,32,37)(H,38,39). The van der Waals surface area contributed by atoms with Crippen LogP contribution < -0.4 is 10.1 Å². The zero-order chi connectivity index (χ0) is 30.2. The molecule has 0 radical (unpaired) electrons. The molecule has 3 rings (SSSR count). The van der Waals surface area contributed by atoms with Crippen molar-refractivity contribution in [3.8, 4) is 11.5 Å². The highest BCUT2D eigenvalue weighted by Crippen LogP contribution is 2.42. The molecule has 0 fully saturated rings. The fourth-order valence-electron chi connectivity index (χ4n) is 5.15. The number of phenols is 1. The Kier molecular flexibility index (Phi) is 8.67. The zero-order valence-electron chi connectivity index (χ0n) is 24.9. The lowest BCUT2D eigenvalue weighted by atomic mass is 9.78. The van der Waals surface area contributed by atoms with Gasteiger partial charge in [-0.05, 0) is 54.0 Å². The Morgan fingerprint density at radius 1 is 1.00 bits per heavy atom. The van der Waals surface area contributed by atoms with Gasteiger partial charge in [0.15, 0.2) is 5.78 Å². The molecule has 9 nitrogen and oxygen atoms in total. The number of aliphatic imine (C=N–C) groups is 1. The number of hydrogen-bond acceptors (Lipinski definition) is 5. The zero-order valence-corrected chi connectivity index (χ0v) is 24.9. The van der Waals surface area contributed by atoms with Crippen LogP contribution in [-0.4, -0.2) is 58.9 Å². The molecule has 9 heteroatoms. The highest BCUT2D eigenvalue weighted by atomic mass is 16.5. The summed E-state index contributed by atoms with van der Waals surface area (Å²) < 4.78 is 5.76. The minimum absolute atomic E-state index is 0.113. The molecule has 0 spiro atoms. The van der Waals surface area contributed by atoms with Crippen LogP contribution >= 0.6 is 0 Å². The predicted molar refractivity (Wildman–Crippen MR) is 155 cm³/mol. The maximum atomic E-state index is 13.9. The van der Waals surface area contributed by atoms with Gasteiger partial charge in [-0.25, -0.2) is 4.79 Å². The van der Waals surface area contributed by atoms with E-state index in [2.05, 4.69) is 10.3 Å². The monoisotopic (exact) mass is 551 g/mol. The van der Waals surface area contributed by atoms with E-state index in [1.54, 1.807) is 29.2 Å². The summed E-state index contributed by atoms with van der Waals surface area (Å²) in [5.74, 6) is 0.0515. The molecule has 1 unspecified atom stereocenters. The summed E-state index contributed by atoms with van der Waals surface area (Å²) in [5.41, 5.74) is 2.38. The van der Waals surface area contributed by atoms with Crippen molar-refractivity contribution in [2.24, 2.45) is 4.99 Å². The van der Waals surface area contributed by atoms with Crippen molar-refractivity contribution >= 4 is 23.6 Å². The Bertz CT molecular complexity index is 1330. The third-order valence-corrected chi connectivity index (χ3v) is 7.12. The third kappa shape index (κ3) is 5.98. The molecule has 3 N–H and O–H groups in total. The summed E-state index contributed by atoms with van der Waals surface area (Å²) in [4.78, 5) is 43.9. The summed E-state index contributed by atoms with van der Waals surface area (Å²) in [6, 6.07) is 6.42. The van der Waals surface area contributed by atoms with Gasteiger partial charge in [0, 0.05) is 29.3 Å². The van der Waals surface area contributed by atoms with E-state index in [1.165, 1.54) is 7.05 Å². The van der Waals surface area contributed by atoms with E-state index in [1.807, 2.05) is 55.4 Å². The number of hydrogen-bond donors (Lipinski definition) is 3. The highest BCUT2D eigenvalue weighted by molar-refractivity contribution is 6.11. The number of rotatable bonds is 7. The van der Waals surface area contributed by atoms with E-state index in [9.17, 15) is 24.6 Å². The first-order chi connectivity index (χ1) is 18.5. The summed E-state index contributed by atoms with van der Waals surface area (Å²) in [5, 5.41) is 23.3. The molecule has 0 saturated carbocycles. The second-order valence-corrected chi connectivity index (χ2v) is 12.1. The molecule has 0 aromatic heterocycles. The lowest BCUT2D eigenvalue weighted by molar-refractivity contribution is 0.0945. The molecule has 2 aromatic carbocycles. The SMILES string of the molecule is CCOc1cc2c(cc1C(=O)NC)C(=NC(=O)O)N(CC(=O)c1cc(C(C)(C)C)c(O)c(C(C)(C)C)c1)C2CC. The number of amidine groups is 1. The molecule has 1 aliphatic rings. The third-order valence-electron chi connectivity index (χ3n) is 7.12. The largest absolute Gasteiger partial charge is 0.507 e. The van der Waals surface area contributed by atoms with E-state index in [0.717, 1.165) is 5.56 Å². The molecule has 2 aromatic rings. The Morgan fingerprint density at radius 3 is 2.02 bits per heavy atom. The molecule has 0 saturated heterocycles. The Labute approximate surface area is 236 Å². The van der Waals surface area contributed by atoms with Crippen molar-refractivity contribution in [2.75, 3.05) is 20.2 Å². The van der Waals surface area contributed by atoms with Crippen molar-refractivity contribution in [2.45, 2.75) is 78.7 Å². The van der Waals surface area contributed by atoms with Crippen molar-refractivity contribution in [1.29, 1.82) is 0 Å². The van der Waals surface area contributed by atoms with Crippen LogP contribution in [0.5, 0.6) is 11.5 Å². The molecule has 0 bridgehead atoms. The van der Waals surface area contributed by atoms with Crippen LogP contribution in [0.15, 0.2) is 29.3 Å². The molecule has 40 heavy (non-hydrogen) atoms. The highest BCUT2D eigenvalue weighted by Gasteiger charge is 2.38. The van der Waals surface area contributed by atoms with Crippen molar-refractivity contribution < 1.29 is 29.3 Å². The van der Waals surface area contributed by atoms with Gasteiger partial charge in [-0.15, -0.1) is 0 Å². The number of phenolic OH excluding ortho intramolecular Hbond substituents is 1. The number of carbonyl (C=O) groups is 3. The van der Waals surface area contributed by atoms with E-state index in [0.29, 0.717) is 41.0 Å². The van der Waals surface area contributed by atoms with Crippen LogP contribution in [0.4, 0.5) is 4.79 Å². The summed E-state index contributed by atoms with van der Waals surface area (Å²) in [6.45, 7) is 15.8. The van der Waals surface area contributed by atoms with E-state index in [4.69, 9.17) is 4.74 Å². The number of carbonyl (C=O) groups excluding carboxylic acids is 2. The van der Waals surface area contributed by atoms with Crippen molar-refractivity contribution in [3.63, 3.8) is 0 Å². The summed E-state index contributed by atoms with van der Waals surface area (Å²) in [6.07, 6.45) is -0.847. The smallest absolute Gasteiger partial charge is 0.433 e. The summed E-state index contributed by atoms with van der Waals surface area (Å²) in [7, 11) is 1.51. The van der Waals surface area contributed by atoms with Crippen LogP contribution in [-0.2, 0) is 10.8 Å². The van der Waals surface area contributed by atoms with Crippen LogP contribution in [0.25, 0.3) is 0 Å². The first kappa shape index (κ1) is 30.7. The number of nitrogens with zero attached hydrogens (tertiary/aromatic N) is 2. The Morgan fingerprint density at radius 2 is 1.57 bits per heavy atom. The number of ether oxygens (including phenoxy) is 1. The van der Waals surface area contributed by atoms with E-state index < -0.39 is 16.9 Å². The Hall–Kier alpha value is -3.88. The topological polar surface area (TPSA) is 129 Å². The van der Waals surface area contributed by atoms with E-state index in [-0.39, 0.29) is 41.4 Å². The molecule has 1 atom stereocenters. The fraction of sp³-hybridized carbons (Fsp3) is 0.484. The van der Waals surface area contributed by atoms with Gasteiger partial charge in [0.25, 0.3) is 5.91 Å². The van der Waals surface area contributed by atoms with Gasteiger partial charge in [0.2, 0.25) is 0 Å². The maximum Gasteiger partial charge on any atom is 0.433 e. The van der Waals surface area contributed by atoms with Gasteiger partial charge in [0.1, 0.15) is 17.3 Å². The van der Waals surface area contributed by atoms with Gasteiger partial charge >= 0.3 is 6.09 Å². The number of nitrogens with one attached hydrogen (secondary N) is 1. The fourth-order valence-corrected chi connectivity index (χ4v) is 5.15. The van der Waals surface area contributed by atoms with Crippen molar-refractivity contribution in [3.05, 3.63) is 57.6 Å². The van der Waals surface area contributed by atoms with Gasteiger partial charge in [-0.2, -0.15) is 4.99 Å². The minimum atomic E-state index is -1.40. The number of aromatic hydroxyl groups is 1. The molecular formula is C31H41N3O6. The van der Waals surface area contributed by atoms with Gasteiger partial charge in [0.05, 0.1) is 24.8 Å². The predicted octanol–water partition coefficient (Wildman–Crippen LogP) is 5.82. The molecular weight excluding hydrogens is 510 g/mol. The van der Waals surface area contributed by atoms with Crippen LogP contribution in [0.1, 0.15) is 111 Å². The van der Waals surface area contributed by atoms with Crippen LogP contribution in [0.3, 0.4) is 0 Å². The molecule has 0 aliphatic carbocycles. The lowest BCUT2D eigenvalue weighted by Crippen LogP contribution is -2.34. The maximum absolute atomic E-state index is 13.9. The van der Waals surface area contributed by atoms with E-state index >= 15 is 0 Å². The summed E-state index contributed by atoms with van der Waals surface area (Å²) >= 11 is 0. The Balaban J connectivity index is 2.17. The minimum Gasteiger partial charge on any atom is -0.507 e. The average Bonchev–Trinajstić information content (AvgIpc) is 3.12. The number of fused-ring (bicyclic) bond motifs is 1. The van der Waals surface area contributed by atoms with Crippen LogP contribution in [0, 0.1) is 0 Å². The molecule has 1 aliphatic heterocycles. The molecule has 1 heterocycles. The number of Topliss-reactive ketones (excluding diaryl/α,β-unsaturated/α-hetero) is 1. The van der Waals surface area contributed by atoms with Gasteiger partial charge in [-0.1, -0.05) is 48.5 Å². The molecule has 216 valence electrons. The number of ketones is 1. The molecule has 2 amide bonds. The number of carboxylic acid groups (broad SMARTS) is 1. The van der Waals surface area contributed by atoms with Gasteiger partial charge in [-0.3, -0.25) is 9.59 Å². The lowest BCUT2D eigenvalue weighted by Gasteiger charge is -2.29. The van der Waals surface area contributed by atoms with Crippen molar-refractivity contribution in [1.82, 2.24) is 10.2 Å². The first-order valence-corrected chi connectivity index (χ1v) is 13.6. The number of benzene rings is 2. The second-order valence-electron chi connectivity index (χ2n) is 12.1. The second kappa shape index (κ2) is 11.3. The quantitative estimate of drug-likeness (QED) is 0.370.